The first-order valence-corrected chi connectivity index (χ1v) is 6.68. The van der Waals surface area contributed by atoms with Crippen LogP contribution in [0.1, 0.15) is 49.0 Å². The number of amides is 1. The van der Waals surface area contributed by atoms with Crippen molar-refractivity contribution in [1.29, 1.82) is 0 Å². The smallest absolute Gasteiger partial charge is 0.252 e. The molecule has 1 amide bonds. The average molecular weight is 259 g/mol. The highest BCUT2D eigenvalue weighted by atomic mass is 16.2. The number of rotatable bonds is 5. The highest BCUT2D eigenvalue weighted by Gasteiger charge is 2.12. The quantitative estimate of drug-likeness (QED) is 0.797. The van der Waals surface area contributed by atoms with Crippen molar-refractivity contribution < 1.29 is 9.90 Å². The molecule has 19 heavy (non-hydrogen) atoms. The number of carbonyl (C=O) groups is 1. The zero-order valence-electron chi connectivity index (χ0n) is 11.6. The maximum absolute atomic E-state index is 12.2. The van der Waals surface area contributed by atoms with Crippen molar-refractivity contribution in [3.05, 3.63) is 35.4 Å². The lowest BCUT2D eigenvalue weighted by molar-refractivity contribution is 0.0937. The minimum atomic E-state index is -0.205. The first-order chi connectivity index (χ1) is 9.19. The summed E-state index contributed by atoms with van der Waals surface area (Å²) in [6.45, 7) is 3.94. The van der Waals surface area contributed by atoms with E-state index in [1.54, 1.807) is 12.1 Å². The van der Waals surface area contributed by atoms with Gasteiger partial charge in [-0.25, -0.2) is 0 Å². The normalized spacial score (nSPS) is 11.3. The molecule has 0 fully saturated rings. The fourth-order valence-corrected chi connectivity index (χ4v) is 1.81. The molecule has 0 saturated carbocycles. The molecule has 0 aliphatic heterocycles. The Labute approximate surface area is 115 Å². The van der Waals surface area contributed by atoms with Crippen molar-refractivity contribution in [2.75, 3.05) is 6.61 Å². The number of carbonyl (C=O) groups excluding carboxylic acids is 1. The highest BCUT2D eigenvalue weighted by Crippen LogP contribution is 2.08. The van der Waals surface area contributed by atoms with E-state index in [-0.39, 0.29) is 18.6 Å². The lowest BCUT2D eigenvalue weighted by Crippen LogP contribution is -2.32. The van der Waals surface area contributed by atoms with Crippen molar-refractivity contribution in [3.8, 4) is 11.8 Å². The van der Waals surface area contributed by atoms with Crippen LogP contribution in [0.15, 0.2) is 24.3 Å². The van der Waals surface area contributed by atoms with Crippen LogP contribution in [0.25, 0.3) is 0 Å². The van der Waals surface area contributed by atoms with Crippen LogP contribution in [-0.2, 0) is 0 Å². The van der Waals surface area contributed by atoms with Crippen LogP contribution in [0.4, 0.5) is 0 Å². The Morgan fingerprint density at radius 1 is 1.42 bits per heavy atom. The molecule has 0 aliphatic rings. The van der Waals surface area contributed by atoms with Gasteiger partial charge in [0.1, 0.15) is 6.61 Å². The molecular formula is C16H21NO2. The second-order valence-corrected chi connectivity index (χ2v) is 4.52. The molecule has 0 saturated heterocycles. The zero-order valence-corrected chi connectivity index (χ0v) is 11.6. The Morgan fingerprint density at radius 3 is 2.84 bits per heavy atom. The predicted octanol–water partition coefficient (Wildman–Crippen LogP) is 2.34. The molecule has 1 aromatic carbocycles. The van der Waals surface area contributed by atoms with Gasteiger partial charge in [-0.2, -0.15) is 0 Å². The van der Waals surface area contributed by atoms with Gasteiger partial charge in [0.25, 0.3) is 5.91 Å². The van der Waals surface area contributed by atoms with Gasteiger partial charge in [-0.05, 0) is 25.5 Å². The van der Waals surface area contributed by atoms with Crippen molar-refractivity contribution >= 4 is 5.91 Å². The largest absolute Gasteiger partial charge is 0.384 e. The summed E-state index contributed by atoms with van der Waals surface area (Å²) in [4.78, 5) is 12.2. The molecule has 0 bridgehead atoms. The average Bonchev–Trinajstić information content (AvgIpc) is 2.43. The molecule has 1 atom stereocenters. The summed E-state index contributed by atoms with van der Waals surface area (Å²) in [5.41, 5.74) is 1.21. The highest BCUT2D eigenvalue weighted by molar-refractivity contribution is 5.96. The van der Waals surface area contributed by atoms with E-state index in [4.69, 9.17) is 5.11 Å². The van der Waals surface area contributed by atoms with E-state index in [1.165, 1.54) is 0 Å². The fourth-order valence-electron chi connectivity index (χ4n) is 1.81. The van der Waals surface area contributed by atoms with E-state index in [9.17, 15) is 4.79 Å². The molecular weight excluding hydrogens is 238 g/mol. The van der Waals surface area contributed by atoms with E-state index < -0.39 is 0 Å². The third-order valence-corrected chi connectivity index (χ3v) is 2.84. The molecule has 102 valence electrons. The molecule has 2 N–H and O–H groups in total. The van der Waals surface area contributed by atoms with Crippen LogP contribution in [-0.4, -0.2) is 23.7 Å². The molecule has 0 radical (unpaired) electrons. The fraction of sp³-hybridized carbons (Fsp3) is 0.438. The van der Waals surface area contributed by atoms with Crippen molar-refractivity contribution in [2.24, 2.45) is 0 Å². The maximum atomic E-state index is 12.2. The first kappa shape index (κ1) is 15.3. The summed E-state index contributed by atoms with van der Waals surface area (Å²) in [6.07, 6.45) is 3.21. The third-order valence-electron chi connectivity index (χ3n) is 2.84. The van der Waals surface area contributed by atoms with E-state index in [1.807, 2.05) is 19.1 Å². The Morgan fingerprint density at radius 2 is 2.16 bits per heavy atom. The molecule has 1 aromatic rings. The van der Waals surface area contributed by atoms with E-state index in [0.717, 1.165) is 19.3 Å². The second-order valence-electron chi connectivity index (χ2n) is 4.52. The first-order valence-electron chi connectivity index (χ1n) is 6.68. The van der Waals surface area contributed by atoms with Crippen LogP contribution in [0.2, 0.25) is 0 Å². The lowest BCUT2D eigenvalue weighted by Gasteiger charge is -2.14. The topological polar surface area (TPSA) is 49.3 Å². The predicted molar refractivity (Wildman–Crippen MR) is 76.9 cm³/mol. The molecule has 1 unspecified atom stereocenters. The SMILES string of the molecule is CCCCC(C)NC(=O)c1ccccc1C#CCO. The van der Waals surface area contributed by atoms with Gasteiger partial charge >= 0.3 is 0 Å². The summed E-state index contributed by atoms with van der Waals surface area (Å²) >= 11 is 0. The van der Waals surface area contributed by atoms with Gasteiger partial charge in [0.15, 0.2) is 0 Å². The minimum Gasteiger partial charge on any atom is -0.384 e. The number of hydrogen-bond donors (Lipinski definition) is 2. The van der Waals surface area contributed by atoms with Crippen molar-refractivity contribution in [3.63, 3.8) is 0 Å². The summed E-state index contributed by atoms with van der Waals surface area (Å²) < 4.78 is 0. The van der Waals surface area contributed by atoms with E-state index in [0.29, 0.717) is 11.1 Å². The molecule has 3 heteroatoms. The molecule has 0 aromatic heterocycles. The van der Waals surface area contributed by atoms with Gasteiger partial charge in [-0.15, -0.1) is 0 Å². The number of benzene rings is 1. The summed E-state index contributed by atoms with van der Waals surface area (Å²) in [6, 6.07) is 7.35. The second kappa shape index (κ2) is 8.34. The standard InChI is InChI=1S/C16H21NO2/c1-3-4-8-13(2)17-16(19)15-11-6-5-9-14(15)10-7-12-18/h5-6,9,11,13,18H,3-4,8,12H2,1-2H3,(H,17,19). The number of unbranched alkanes of at least 4 members (excludes halogenated alkanes) is 1. The van der Waals surface area contributed by atoms with Gasteiger partial charge in [-0.1, -0.05) is 43.7 Å². The van der Waals surface area contributed by atoms with Crippen LogP contribution >= 0.6 is 0 Å². The molecule has 0 aliphatic carbocycles. The third kappa shape index (κ3) is 5.15. The van der Waals surface area contributed by atoms with Gasteiger partial charge in [0.05, 0.1) is 5.56 Å². The molecule has 0 spiro atoms. The van der Waals surface area contributed by atoms with Gasteiger partial charge < -0.3 is 10.4 Å². The zero-order chi connectivity index (χ0) is 14.1. The van der Waals surface area contributed by atoms with Crippen molar-refractivity contribution in [1.82, 2.24) is 5.32 Å². The lowest BCUT2D eigenvalue weighted by atomic mass is 10.1. The number of hydrogen-bond acceptors (Lipinski definition) is 2. The van der Waals surface area contributed by atoms with E-state index in [2.05, 4.69) is 24.1 Å². The van der Waals surface area contributed by atoms with Crippen molar-refractivity contribution in [2.45, 2.75) is 39.2 Å². The molecule has 3 nitrogen and oxygen atoms in total. The van der Waals surface area contributed by atoms with Crippen LogP contribution in [0.5, 0.6) is 0 Å². The summed E-state index contributed by atoms with van der Waals surface area (Å²) in [5.74, 6) is 5.27. The van der Waals surface area contributed by atoms with Gasteiger partial charge in [-0.3, -0.25) is 4.79 Å². The summed E-state index contributed by atoms with van der Waals surface area (Å²) in [5, 5.41) is 11.7. The number of aliphatic hydroxyl groups excluding tert-OH is 1. The maximum Gasteiger partial charge on any atom is 0.252 e. The van der Waals surface area contributed by atoms with E-state index >= 15 is 0 Å². The van der Waals surface area contributed by atoms with Crippen LogP contribution in [0.3, 0.4) is 0 Å². The Kier molecular flexibility index (Phi) is 6.70. The number of aliphatic hydroxyl groups is 1. The van der Waals surface area contributed by atoms with Gasteiger partial charge in [0.2, 0.25) is 0 Å². The van der Waals surface area contributed by atoms with Crippen LogP contribution in [0, 0.1) is 11.8 Å². The Hall–Kier alpha value is -1.79. The Balaban J connectivity index is 2.76. The minimum absolute atomic E-state index is 0.105. The summed E-state index contributed by atoms with van der Waals surface area (Å²) in [7, 11) is 0. The molecule has 1 rings (SSSR count). The number of nitrogens with one attached hydrogen (secondary N) is 1. The Bertz CT molecular complexity index is 471. The molecule has 0 heterocycles. The van der Waals surface area contributed by atoms with Gasteiger partial charge in [0, 0.05) is 11.6 Å². The van der Waals surface area contributed by atoms with Crippen LogP contribution < -0.4 is 5.32 Å². The monoisotopic (exact) mass is 259 g/mol.